The third-order valence-electron chi connectivity index (χ3n) is 5.57. The maximum absolute atomic E-state index is 14.8. The molecule has 1 aliphatic rings. The SMILES string of the molecule is COCCN1CCN(C(=O)c2csc(-c3ccc(OCc4ccc(F)cc4F)cc3F)n2)CC1. The molecule has 0 saturated carbocycles. The number of piperazine rings is 1. The Hall–Kier alpha value is -2.95. The zero-order valence-electron chi connectivity index (χ0n) is 18.6. The summed E-state index contributed by atoms with van der Waals surface area (Å²) in [5, 5.41) is 2.02. The molecule has 180 valence electrons. The van der Waals surface area contributed by atoms with Crippen LogP contribution in [0.15, 0.2) is 41.8 Å². The number of halogens is 3. The summed E-state index contributed by atoms with van der Waals surface area (Å²) < 4.78 is 52.1. The lowest BCUT2D eigenvalue weighted by atomic mass is 10.2. The zero-order valence-corrected chi connectivity index (χ0v) is 19.4. The van der Waals surface area contributed by atoms with Crippen LogP contribution >= 0.6 is 11.3 Å². The normalized spacial score (nSPS) is 14.4. The molecular formula is C24H24F3N3O3S. The van der Waals surface area contributed by atoms with E-state index in [0.29, 0.717) is 24.7 Å². The minimum atomic E-state index is -0.728. The van der Waals surface area contributed by atoms with Crippen molar-refractivity contribution < 1.29 is 27.4 Å². The van der Waals surface area contributed by atoms with Gasteiger partial charge < -0.3 is 14.4 Å². The van der Waals surface area contributed by atoms with E-state index < -0.39 is 17.5 Å². The summed E-state index contributed by atoms with van der Waals surface area (Å²) in [7, 11) is 1.66. The third-order valence-corrected chi connectivity index (χ3v) is 6.45. The Morgan fingerprint density at radius 1 is 1.06 bits per heavy atom. The fourth-order valence-electron chi connectivity index (χ4n) is 3.61. The first-order valence-electron chi connectivity index (χ1n) is 10.8. The van der Waals surface area contributed by atoms with Gasteiger partial charge in [0.15, 0.2) is 0 Å². The number of aromatic nitrogens is 1. The quantitative estimate of drug-likeness (QED) is 0.473. The number of thiazole rings is 1. The van der Waals surface area contributed by atoms with Crippen LogP contribution in [0.25, 0.3) is 10.6 Å². The van der Waals surface area contributed by atoms with Gasteiger partial charge in [-0.15, -0.1) is 11.3 Å². The summed E-state index contributed by atoms with van der Waals surface area (Å²) in [6, 6.07) is 7.41. The first-order valence-corrected chi connectivity index (χ1v) is 11.7. The van der Waals surface area contributed by atoms with Crippen molar-refractivity contribution in [2.45, 2.75) is 6.61 Å². The second-order valence-electron chi connectivity index (χ2n) is 7.83. The zero-order chi connectivity index (χ0) is 24.1. The standard InChI is InChI=1S/C24H24F3N3O3S/c1-32-11-10-29-6-8-30(9-7-29)24(31)22-15-34-23(28-22)19-5-4-18(13-21(19)27)33-14-16-2-3-17(25)12-20(16)26/h2-5,12-13,15H,6-11,14H2,1H3. The Balaban J connectivity index is 1.38. The number of carbonyl (C=O) groups is 1. The molecule has 1 aromatic heterocycles. The summed E-state index contributed by atoms with van der Waals surface area (Å²) in [5.41, 5.74) is 0.694. The molecule has 3 aromatic rings. The molecule has 1 fully saturated rings. The van der Waals surface area contributed by atoms with Gasteiger partial charge in [-0.1, -0.05) is 0 Å². The number of hydrogen-bond donors (Lipinski definition) is 0. The minimum Gasteiger partial charge on any atom is -0.489 e. The summed E-state index contributed by atoms with van der Waals surface area (Å²) in [5.74, 6) is -1.95. The van der Waals surface area contributed by atoms with Crippen LogP contribution in [0.5, 0.6) is 5.75 Å². The van der Waals surface area contributed by atoms with E-state index >= 15 is 0 Å². The highest BCUT2D eigenvalue weighted by Gasteiger charge is 2.24. The van der Waals surface area contributed by atoms with Gasteiger partial charge in [0, 0.05) is 68.5 Å². The summed E-state index contributed by atoms with van der Waals surface area (Å²) in [4.78, 5) is 21.2. The van der Waals surface area contributed by atoms with Crippen molar-refractivity contribution in [1.82, 2.24) is 14.8 Å². The maximum atomic E-state index is 14.8. The molecule has 0 spiro atoms. The lowest BCUT2D eigenvalue weighted by Gasteiger charge is -2.34. The fraction of sp³-hybridized carbons (Fsp3) is 0.333. The average Bonchev–Trinajstić information content (AvgIpc) is 3.32. The van der Waals surface area contributed by atoms with Gasteiger partial charge in [0.1, 0.15) is 40.5 Å². The van der Waals surface area contributed by atoms with E-state index in [2.05, 4.69) is 9.88 Å². The number of nitrogens with zero attached hydrogens (tertiary/aromatic N) is 3. The Kier molecular flexibility index (Phi) is 7.81. The smallest absolute Gasteiger partial charge is 0.273 e. The molecule has 0 unspecified atom stereocenters. The molecule has 34 heavy (non-hydrogen) atoms. The molecule has 2 aromatic carbocycles. The van der Waals surface area contributed by atoms with Crippen LogP contribution in [0.1, 0.15) is 16.1 Å². The number of carbonyl (C=O) groups excluding carboxylic acids is 1. The van der Waals surface area contributed by atoms with Crippen molar-refractivity contribution in [1.29, 1.82) is 0 Å². The molecule has 6 nitrogen and oxygen atoms in total. The predicted octanol–water partition coefficient (Wildman–Crippen LogP) is 4.21. The van der Waals surface area contributed by atoms with Gasteiger partial charge in [0.2, 0.25) is 0 Å². The van der Waals surface area contributed by atoms with E-state index in [4.69, 9.17) is 9.47 Å². The number of benzene rings is 2. The number of ether oxygens (including phenoxy) is 2. The first kappa shape index (κ1) is 24.2. The largest absolute Gasteiger partial charge is 0.489 e. The highest BCUT2D eigenvalue weighted by atomic mass is 32.1. The van der Waals surface area contributed by atoms with E-state index in [1.54, 1.807) is 23.5 Å². The Bertz CT molecular complexity index is 1150. The van der Waals surface area contributed by atoms with Crippen molar-refractivity contribution in [2.75, 3.05) is 46.4 Å². The molecule has 2 heterocycles. The second-order valence-corrected chi connectivity index (χ2v) is 8.69. The van der Waals surface area contributed by atoms with Crippen LogP contribution in [-0.4, -0.2) is 67.1 Å². The topological polar surface area (TPSA) is 54.9 Å². The van der Waals surface area contributed by atoms with E-state index in [-0.39, 0.29) is 35.1 Å². The molecule has 0 N–H and O–H groups in total. The number of rotatable bonds is 8. The van der Waals surface area contributed by atoms with Crippen LogP contribution < -0.4 is 4.74 Å². The van der Waals surface area contributed by atoms with Gasteiger partial charge in [-0.3, -0.25) is 9.69 Å². The molecular weight excluding hydrogens is 467 g/mol. The average molecular weight is 492 g/mol. The predicted molar refractivity (Wildman–Crippen MR) is 122 cm³/mol. The molecule has 4 rings (SSSR count). The number of methoxy groups -OCH3 is 1. The fourth-order valence-corrected chi connectivity index (χ4v) is 4.43. The van der Waals surface area contributed by atoms with Gasteiger partial charge >= 0.3 is 0 Å². The number of hydrogen-bond acceptors (Lipinski definition) is 6. The van der Waals surface area contributed by atoms with Gasteiger partial charge in [0.05, 0.1) is 6.61 Å². The highest BCUT2D eigenvalue weighted by Crippen LogP contribution is 2.30. The van der Waals surface area contributed by atoms with Gasteiger partial charge in [0.25, 0.3) is 5.91 Å². The van der Waals surface area contributed by atoms with Crippen LogP contribution in [0.2, 0.25) is 0 Å². The van der Waals surface area contributed by atoms with Crippen LogP contribution in [-0.2, 0) is 11.3 Å². The van der Waals surface area contributed by atoms with Crippen LogP contribution in [0.3, 0.4) is 0 Å². The van der Waals surface area contributed by atoms with Crippen molar-refractivity contribution in [3.05, 3.63) is 70.5 Å². The summed E-state index contributed by atoms with van der Waals surface area (Å²) in [6.07, 6.45) is 0. The molecule has 1 saturated heterocycles. The molecule has 1 amide bonds. The Labute approximate surface area is 199 Å². The Morgan fingerprint density at radius 3 is 2.56 bits per heavy atom. The molecule has 1 aliphatic heterocycles. The lowest BCUT2D eigenvalue weighted by Crippen LogP contribution is -2.49. The number of amides is 1. The van der Waals surface area contributed by atoms with Crippen LogP contribution in [0.4, 0.5) is 13.2 Å². The monoisotopic (exact) mass is 491 g/mol. The van der Waals surface area contributed by atoms with Crippen molar-refractivity contribution >= 4 is 17.2 Å². The minimum absolute atomic E-state index is 0.161. The third kappa shape index (κ3) is 5.75. The first-order chi connectivity index (χ1) is 16.4. The van der Waals surface area contributed by atoms with Gasteiger partial charge in [-0.05, 0) is 24.3 Å². The van der Waals surface area contributed by atoms with Crippen molar-refractivity contribution in [3.8, 4) is 16.3 Å². The Morgan fingerprint density at radius 2 is 1.85 bits per heavy atom. The van der Waals surface area contributed by atoms with Crippen molar-refractivity contribution in [3.63, 3.8) is 0 Å². The van der Waals surface area contributed by atoms with E-state index in [9.17, 15) is 18.0 Å². The lowest BCUT2D eigenvalue weighted by molar-refractivity contribution is 0.0589. The van der Waals surface area contributed by atoms with Gasteiger partial charge in [-0.25, -0.2) is 18.2 Å². The van der Waals surface area contributed by atoms with Crippen molar-refractivity contribution in [2.24, 2.45) is 0 Å². The van der Waals surface area contributed by atoms with E-state index in [1.807, 2.05) is 0 Å². The highest BCUT2D eigenvalue weighted by molar-refractivity contribution is 7.13. The molecule has 0 bridgehead atoms. The summed E-state index contributed by atoms with van der Waals surface area (Å²) >= 11 is 1.19. The maximum Gasteiger partial charge on any atom is 0.273 e. The molecule has 0 atom stereocenters. The van der Waals surface area contributed by atoms with E-state index in [1.165, 1.54) is 29.5 Å². The molecule has 0 aliphatic carbocycles. The van der Waals surface area contributed by atoms with Gasteiger partial charge in [-0.2, -0.15) is 0 Å². The van der Waals surface area contributed by atoms with Crippen LogP contribution in [0, 0.1) is 17.5 Å². The van der Waals surface area contributed by atoms with E-state index in [0.717, 1.165) is 31.8 Å². The molecule has 0 radical (unpaired) electrons. The molecule has 10 heteroatoms. The summed E-state index contributed by atoms with van der Waals surface area (Å²) in [6.45, 7) is 4.06. The second kappa shape index (κ2) is 11.0.